The van der Waals surface area contributed by atoms with Crippen molar-refractivity contribution in [1.82, 2.24) is 10.0 Å². The molecule has 0 radical (unpaired) electrons. The third-order valence-corrected chi connectivity index (χ3v) is 10.1. The van der Waals surface area contributed by atoms with E-state index < -0.39 is 39.8 Å². The Bertz CT molecular complexity index is 1500. The first-order chi connectivity index (χ1) is 17.5. The summed E-state index contributed by atoms with van der Waals surface area (Å²) in [5, 5.41) is 24.2. The van der Waals surface area contributed by atoms with Crippen LogP contribution in [0.15, 0.2) is 66.4 Å². The van der Waals surface area contributed by atoms with Crippen LogP contribution < -0.4 is 0 Å². The smallest absolute Gasteiger partial charge is 0.267 e. The number of hydrogen-bond acceptors (Lipinski definition) is 7. The van der Waals surface area contributed by atoms with Gasteiger partial charge in [0.1, 0.15) is 0 Å². The van der Waals surface area contributed by atoms with Gasteiger partial charge in [0.25, 0.3) is 29.1 Å². The Morgan fingerprint density at radius 2 is 1.38 bits per heavy atom. The van der Waals surface area contributed by atoms with Gasteiger partial charge in [-0.05, 0) is 69.8 Å². The number of non-ortho nitro benzene ring substituents is 1. The molecule has 1 aliphatic rings. The van der Waals surface area contributed by atoms with Gasteiger partial charge >= 0.3 is 0 Å². The Balaban J connectivity index is 1.90. The van der Waals surface area contributed by atoms with Gasteiger partial charge in [0.2, 0.25) is 0 Å². The fourth-order valence-corrected chi connectivity index (χ4v) is 6.13. The number of nitro groups is 2. The first kappa shape index (κ1) is 27.0. The number of benzene rings is 3. The van der Waals surface area contributed by atoms with Gasteiger partial charge in [0.15, 0.2) is 0 Å². The first-order valence-electron chi connectivity index (χ1n) is 9.99. The second-order valence-electron chi connectivity index (χ2n) is 7.48. The van der Waals surface area contributed by atoms with Crippen molar-refractivity contribution in [3.8, 4) is 0 Å². The minimum Gasteiger partial charge on any atom is -0.267 e. The predicted molar refractivity (Wildman–Crippen MR) is 144 cm³/mol. The Labute approximate surface area is 241 Å². The summed E-state index contributed by atoms with van der Waals surface area (Å²) in [6.07, 6.45) is 0. The molecule has 0 aromatic heterocycles. The number of nitro benzene ring substituents is 2. The Hall–Kier alpha value is -3.01. The topological polar surface area (TPSA) is 144 Å². The maximum absolute atomic E-state index is 13.7. The number of halogens is 4. The number of amides is 3. The van der Waals surface area contributed by atoms with Crippen molar-refractivity contribution in [2.75, 3.05) is 0 Å². The van der Waals surface area contributed by atoms with Crippen LogP contribution in [0, 0.1) is 20.2 Å². The summed E-state index contributed by atoms with van der Waals surface area (Å²) in [6.45, 7) is -0.554. The van der Waals surface area contributed by atoms with E-state index in [0.717, 1.165) is 11.1 Å². The van der Waals surface area contributed by atoms with Crippen LogP contribution in [-0.4, -0.2) is 37.6 Å². The van der Waals surface area contributed by atoms with Gasteiger partial charge in [-0.2, -0.15) is 5.01 Å². The van der Waals surface area contributed by atoms with Crippen LogP contribution in [-0.2, 0) is 6.54 Å². The van der Waals surface area contributed by atoms with E-state index in [9.17, 15) is 34.6 Å². The first-order valence-corrected chi connectivity index (χ1v) is 13.2. The van der Waals surface area contributed by atoms with Crippen LogP contribution in [0.25, 0.3) is 0 Å². The molecule has 188 valence electrons. The Morgan fingerprint density at radius 3 is 1.92 bits per heavy atom. The number of rotatable bonds is 6. The van der Waals surface area contributed by atoms with E-state index in [4.69, 9.17) is 0 Å². The molecule has 4 rings (SSSR count). The average Bonchev–Trinajstić information content (AvgIpc) is 3.14. The third kappa shape index (κ3) is 4.71. The number of fused-ring (bicyclic) bond motifs is 1. The molecule has 0 saturated carbocycles. The van der Waals surface area contributed by atoms with Crippen molar-refractivity contribution in [3.63, 3.8) is 0 Å². The number of para-hydroxylation sites is 1. The molecule has 3 aromatic rings. The summed E-state index contributed by atoms with van der Waals surface area (Å²) < 4.78 is 1.34. The molecular weight excluding hydrogens is 752 g/mol. The van der Waals surface area contributed by atoms with Crippen molar-refractivity contribution in [2.45, 2.75) is 6.54 Å². The van der Waals surface area contributed by atoms with Gasteiger partial charge < -0.3 is 0 Å². The summed E-state index contributed by atoms with van der Waals surface area (Å²) >= 11 is 13.3. The molecule has 0 fully saturated rings. The molecule has 1 aliphatic heterocycles. The average molecular weight is 762 g/mol. The van der Waals surface area contributed by atoms with Crippen molar-refractivity contribution in [3.05, 3.63) is 109 Å². The van der Waals surface area contributed by atoms with Crippen LogP contribution in [0.3, 0.4) is 0 Å². The maximum Gasteiger partial charge on any atom is 0.282 e. The van der Waals surface area contributed by atoms with E-state index in [1.807, 2.05) is 0 Å². The minimum atomic E-state index is -0.957. The molecule has 0 unspecified atom stereocenters. The van der Waals surface area contributed by atoms with Crippen LogP contribution in [0.2, 0.25) is 0 Å². The molecule has 3 aromatic carbocycles. The summed E-state index contributed by atoms with van der Waals surface area (Å²) in [5.74, 6) is -2.71. The molecule has 1 heterocycles. The largest absolute Gasteiger partial charge is 0.282 e. The Morgan fingerprint density at radius 1 is 0.811 bits per heavy atom. The zero-order chi connectivity index (χ0) is 27.2. The summed E-state index contributed by atoms with van der Waals surface area (Å²) in [5.41, 5.74) is -1.01. The lowest BCUT2D eigenvalue weighted by Gasteiger charge is -2.30. The highest BCUT2D eigenvalue weighted by atomic mass is 79.9. The molecule has 15 heteroatoms. The predicted octanol–water partition coefficient (Wildman–Crippen LogP) is 6.41. The number of imide groups is 1. The second kappa shape index (κ2) is 10.4. The third-order valence-electron chi connectivity index (χ3n) is 5.37. The number of hydrogen-bond donors (Lipinski definition) is 0. The van der Waals surface area contributed by atoms with Crippen molar-refractivity contribution >= 4 is 92.8 Å². The second-order valence-corrected chi connectivity index (χ2v) is 10.7. The van der Waals surface area contributed by atoms with Crippen molar-refractivity contribution in [1.29, 1.82) is 0 Å². The van der Waals surface area contributed by atoms with Gasteiger partial charge in [0, 0.05) is 41.7 Å². The van der Waals surface area contributed by atoms with Crippen LogP contribution in [0.5, 0.6) is 0 Å². The van der Waals surface area contributed by atoms with Gasteiger partial charge in [-0.3, -0.25) is 34.6 Å². The molecule has 0 aliphatic carbocycles. The molecule has 3 amide bonds. The molecular formula is C22H10Br4N4O7. The number of hydrazine groups is 1. The minimum absolute atomic E-state index is 0.0309. The van der Waals surface area contributed by atoms with E-state index in [0.29, 0.717) is 14.0 Å². The van der Waals surface area contributed by atoms with Gasteiger partial charge in [-0.1, -0.05) is 24.3 Å². The zero-order valence-corrected chi connectivity index (χ0v) is 24.3. The SMILES string of the molecule is O=C(c1cccc([N+](=O)[O-])c1)N(Cc1ccccc1[N+](=O)[O-])N1C(=O)c2c(Br)c(Br)c(Br)c(Br)c2C1=O. The molecule has 0 saturated heterocycles. The number of carbonyl (C=O) groups excluding carboxylic acids is 3. The highest BCUT2D eigenvalue weighted by Crippen LogP contribution is 2.46. The van der Waals surface area contributed by atoms with E-state index in [1.165, 1.54) is 42.5 Å². The normalized spacial score (nSPS) is 12.5. The standard InChI is InChI=1S/C22H10Br4N4O7/c23-16-14-15(17(24)19(26)18(16)25)22(33)28(21(14)32)27(9-11-4-1-2-7-13(11)30(36)37)20(31)10-5-3-6-12(8-10)29(34)35/h1-8H,9H2. The highest BCUT2D eigenvalue weighted by molar-refractivity contribution is 9.15. The van der Waals surface area contributed by atoms with Crippen LogP contribution in [0.4, 0.5) is 11.4 Å². The summed E-state index contributed by atoms with van der Waals surface area (Å²) in [4.78, 5) is 62.4. The molecule has 0 N–H and O–H groups in total. The highest BCUT2D eigenvalue weighted by Gasteiger charge is 2.46. The molecule has 0 spiro atoms. The number of carbonyl (C=O) groups is 3. The van der Waals surface area contributed by atoms with Gasteiger partial charge in [-0.15, -0.1) is 0 Å². The van der Waals surface area contributed by atoms with E-state index in [2.05, 4.69) is 63.7 Å². The molecule has 0 atom stereocenters. The quantitative estimate of drug-likeness (QED) is 0.0929. The van der Waals surface area contributed by atoms with E-state index in [-0.39, 0.29) is 36.9 Å². The van der Waals surface area contributed by atoms with Gasteiger partial charge in [0.05, 0.1) is 33.1 Å². The van der Waals surface area contributed by atoms with E-state index >= 15 is 0 Å². The molecule has 37 heavy (non-hydrogen) atoms. The fourth-order valence-electron chi connectivity index (χ4n) is 3.68. The maximum atomic E-state index is 13.7. The molecule has 0 bridgehead atoms. The Kier molecular flexibility index (Phi) is 7.60. The lowest BCUT2D eigenvalue weighted by atomic mass is 10.1. The zero-order valence-electron chi connectivity index (χ0n) is 18.0. The fraction of sp³-hybridized carbons (Fsp3) is 0.0455. The van der Waals surface area contributed by atoms with E-state index in [1.54, 1.807) is 0 Å². The van der Waals surface area contributed by atoms with Crippen molar-refractivity contribution < 1.29 is 24.2 Å². The molecule has 11 nitrogen and oxygen atoms in total. The lowest BCUT2D eigenvalue weighted by molar-refractivity contribution is -0.385. The van der Waals surface area contributed by atoms with Crippen LogP contribution >= 0.6 is 63.7 Å². The number of nitrogens with zero attached hydrogens (tertiary/aromatic N) is 4. The van der Waals surface area contributed by atoms with Crippen LogP contribution in [0.1, 0.15) is 36.6 Å². The van der Waals surface area contributed by atoms with Gasteiger partial charge in [-0.25, -0.2) is 5.01 Å². The monoisotopic (exact) mass is 758 g/mol. The lowest BCUT2D eigenvalue weighted by Crippen LogP contribution is -2.49. The summed E-state index contributed by atoms with van der Waals surface area (Å²) in [6, 6.07) is 10.2. The summed E-state index contributed by atoms with van der Waals surface area (Å²) in [7, 11) is 0. The van der Waals surface area contributed by atoms with Crippen molar-refractivity contribution in [2.24, 2.45) is 0 Å².